The smallest absolute Gasteiger partial charge is 0.287 e. The van der Waals surface area contributed by atoms with E-state index in [1.807, 2.05) is 0 Å². The molecule has 7 nitrogen and oxygen atoms in total. The Morgan fingerprint density at radius 2 is 2.05 bits per heavy atom. The van der Waals surface area contributed by atoms with E-state index in [1.54, 1.807) is 6.07 Å². The van der Waals surface area contributed by atoms with Gasteiger partial charge in [-0.1, -0.05) is 13.8 Å². The molecule has 120 valence electrons. The van der Waals surface area contributed by atoms with E-state index < -0.39 is 10.0 Å². The Bertz CT molecular complexity index is 566. The van der Waals surface area contributed by atoms with E-state index >= 15 is 0 Å². The van der Waals surface area contributed by atoms with E-state index in [9.17, 15) is 13.2 Å². The molecular weight excluding hydrogens is 294 g/mol. The molecule has 0 fully saturated rings. The topological polar surface area (TPSA) is 114 Å². The van der Waals surface area contributed by atoms with Crippen molar-refractivity contribution in [1.82, 2.24) is 10.0 Å². The Labute approximate surface area is 125 Å². The maximum atomic E-state index is 12.0. The summed E-state index contributed by atoms with van der Waals surface area (Å²) in [5.41, 5.74) is 5.63. The Kier molecular flexibility index (Phi) is 6.38. The Morgan fingerprint density at radius 1 is 1.38 bits per heavy atom. The molecule has 0 saturated heterocycles. The average Bonchev–Trinajstić information content (AvgIpc) is 2.83. The molecule has 1 unspecified atom stereocenters. The Morgan fingerprint density at radius 3 is 2.57 bits per heavy atom. The molecule has 0 bridgehead atoms. The summed E-state index contributed by atoms with van der Waals surface area (Å²) in [4.78, 5) is 12.0. The van der Waals surface area contributed by atoms with E-state index in [0.717, 1.165) is 12.7 Å². The molecular formula is C13H23N3O4S. The van der Waals surface area contributed by atoms with Gasteiger partial charge in [0.15, 0.2) is 5.76 Å². The molecule has 0 saturated carbocycles. The molecule has 4 N–H and O–H groups in total. The number of hydrogen-bond donors (Lipinski definition) is 3. The summed E-state index contributed by atoms with van der Waals surface area (Å²) in [6.07, 6.45) is 1.84. The first kappa shape index (κ1) is 17.7. The van der Waals surface area contributed by atoms with Gasteiger partial charge in [-0.2, -0.15) is 0 Å². The van der Waals surface area contributed by atoms with Crippen LogP contribution in [0.3, 0.4) is 0 Å². The van der Waals surface area contributed by atoms with Crippen molar-refractivity contribution in [1.29, 1.82) is 0 Å². The van der Waals surface area contributed by atoms with Crippen LogP contribution in [0, 0.1) is 5.92 Å². The summed E-state index contributed by atoms with van der Waals surface area (Å²) < 4.78 is 29.6. The van der Waals surface area contributed by atoms with Crippen molar-refractivity contribution < 1.29 is 17.6 Å². The number of carbonyl (C=O) groups is 1. The first-order valence-electron chi connectivity index (χ1n) is 6.75. The predicted octanol–water partition coefficient (Wildman–Crippen LogP) is 0.432. The zero-order valence-electron chi connectivity index (χ0n) is 12.5. The molecule has 21 heavy (non-hydrogen) atoms. The van der Waals surface area contributed by atoms with Crippen molar-refractivity contribution in [2.75, 3.05) is 12.8 Å². The van der Waals surface area contributed by atoms with E-state index in [4.69, 9.17) is 10.2 Å². The molecule has 1 rings (SSSR count). The summed E-state index contributed by atoms with van der Waals surface area (Å²) in [6, 6.07) is 2.96. The van der Waals surface area contributed by atoms with Crippen LogP contribution < -0.4 is 15.8 Å². The number of furan rings is 1. The van der Waals surface area contributed by atoms with E-state index in [0.29, 0.717) is 18.2 Å². The summed E-state index contributed by atoms with van der Waals surface area (Å²) in [5.74, 6) is 0.586. The standard InChI is InChI=1S/C13H23N3O4S/c1-9(2)6-10(7-14)16-13(17)12-5-4-11(20-12)8-15-21(3,18)19/h4-5,9-10,15H,6-8,14H2,1-3H3,(H,16,17). The minimum atomic E-state index is -3.30. The number of nitrogens with two attached hydrogens (primary N) is 1. The molecule has 0 radical (unpaired) electrons. The third-order valence-electron chi connectivity index (χ3n) is 2.77. The van der Waals surface area contributed by atoms with Gasteiger partial charge < -0.3 is 15.5 Å². The fourth-order valence-electron chi connectivity index (χ4n) is 1.84. The molecule has 0 spiro atoms. The molecule has 1 amide bonds. The predicted molar refractivity (Wildman–Crippen MR) is 80.2 cm³/mol. The second-order valence-corrected chi connectivity index (χ2v) is 7.23. The van der Waals surface area contributed by atoms with Crippen molar-refractivity contribution in [2.45, 2.75) is 32.9 Å². The van der Waals surface area contributed by atoms with Gasteiger partial charge in [0.05, 0.1) is 12.8 Å². The summed E-state index contributed by atoms with van der Waals surface area (Å²) in [5, 5.41) is 2.80. The van der Waals surface area contributed by atoms with Crippen LogP contribution in [0.25, 0.3) is 0 Å². The van der Waals surface area contributed by atoms with Gasteiger partial charge in [-0.25, -0.2) is 13.1 Å². The number of sulfonamides is 1. The maximum absolute atomic E-state index is 12.0. The highest BCUT2D eigenvalue weighted by Crippen LogP contribution is 2.10. The molecule has 0 aliphatic carbocycles. The van der Waals surface area contributed by atoms with Crippen molar-refractivity contribution >= 4 is 15.9 Å². The molecule has 8 heteroatoms. The van der Waals surface area contributed by atoms with Gasteiger partial charge >= 0.3 is 0 Å². The van der Waals surface area contributed by atoms with Gasteiger partial charge in [0.25, 0.3) is 5.91 Å². The molecule has 1 atom stereocenters. The van der Waals surface area contributed by atoms with Crippen LogP contribution in [-0.4, -0.2) is 33.2 Å². The number of amides is 1. The third kappa shape index (κ3) is 6.74. The van der Waals surface area contributed by atoms with Crippen LogP contribution in [0.5, 0.6) is 0 Å². The maximum Gasteiger partial charge on any atom is 0.287 e. The van der Waals surface area contributed by atoms with Crippen LogP contribution >= 0.6 is 0 Å². The highest BCUT2D eigenvalue weighted by Gasteiger charge is 2.17. The van der Waals surface area contributed by atoms with Crippen LogP contribution in [0.2, 0.25) is 0 Å². The summed E-state index contributed by atoms with van der Waals surface area (Å²) in [7, 11) is -3.30. The van der Waals surface area contributed by atoms with Crippen molar-refractivity contribution in [3.8, 4) is 0 Å². The Hall–Kier alpha value is -1.38. The normalized spacial score (nSPS) is 13.4. The van der Waals surface area contributed by atoms with E-state index in [-0.39, 0.29) is 24.3 Å². The SMILES string of the molecule is CC(C)CC(CN)NC(=O)c1ccc(CNS(C)(=O)=O)o1. The highest BCUT2D eigenvalue weighted by atomic mass is 32.2. The number of rotatable bonds is 8. The number of hydrogen-bond acceptors (Lipinski definition) is 5. The minimum absolute atomic E-state index is 0.0123. The summed E-state index contributed by atoms with van der Waals surface area (Å²) >= 11 is 0. The average molecular weight is 317 g/mol. The largest absolute Gasteiger partial charge is 0.455 e. The number of nitrogens with one attached hydrogen (secondary N) is 2. The van der Waals surface area contributed by atoms with Crippen LogP contribution in [-0.2, 0) is 16.6 Å². The van der Waals surface area contributed by atoms with Gasteiger partial charge in [0.1, 0.15) is 5.76 Å². The van der Waals surface area contributed by atoms with Gasteiger partial charge in [-0.3, -0.25) is 4.79 Å². The monoisotopic (exact) mass is 317 g/mol. The van der Waals surface area contributed by atoms with Crippen molar-refractivity contribution in [3.63, 3.8) is 0 Å². The zero-order valence-corrected chi connectivity index (χ0v) is 13.4. The van der Waals surface area contributed by atoms with Crippen LogP contribution in [0.1, 0.15) is 36.6 Å². The lowest BCUT2D eigenvalue weighted by atomic mass is 10.0. The fraction of sp³-hybridized carbons (Fsp3) is 0.615. The first-order valence-corrected chi connectivity index (χ1v) is 8.64. The second kappa shape index (κ2) is 7.58. The second-order valence-electron chi connectivity index (χ2n) is 5.39. The molecule has 0 aromatic carbocycles. The molecule has 0 aliphatic heterocycles. The van der Waals surface area contributed by atoms with Gasteiger partial charge in [0, 0.05) is 12.6 Å². The third-order valence-corrected chi connectivity index (χ3v) is 3.44. The van der Waals surface area contributed by atoms with Crippen molar-refractivity contribution in [3.05, 3.63) is 23.7 Å². The summed E-state index contributed by atoms with van der Waals surface area (Å²) in [6.45, 7) is 4.47. The van der Waals surface area contributed by atoms with E-state index in [1.165, 1.54) is 6.07 Å². The first-order chi connectivity index (χ1) is 9.71. The number of carbonyl (C=O) groups excluding carboxylic acids is 1. The lowest BCUT2D eigenvalue weighted by Crippen LogP contribution is -2.40. The van der Waals surface area contributed by atoms with Gasteiger partial charge in [-0.15, -0.1) is 0 Å². The zero-order chi connectivity index (χ0) is 16.0. The Balaban J connectivity index is 2.61. The minimum Gasteiger partial charge on any atom is -0.455 e. The lowest BCUT2D eigenvalue weighted by Gasteiger charge is -2.17. The molecule has 0 aliphatic rings. The molecule has 1 aromatic heterocycles. The van der Waals surface area contributed by atoms with Crippen molar-refractivity contribution in [2.24, 2.45) is 11.7 Å². The van der Waals surface area contributed by atoms with Gasteiger partial charge in [0.2, 0.25) is 10.0 Å². The van der Waals surface area contributed by atoms with Crippen LogP contribution in [0.4, 0.5) is 0 Å². The highest BCUT2D eigenvalue weighted by molar-refractivity contribution is 7.88. The van der Waals surface area contributed by atoms with E-state index in [2.05, 4.69) is 23.9 Å². The van der Waals surface area contributed by atoms with Gasteiger partial charge in [-0.05, 0) is 24.5 Å². The lowest BCUT2D eigenvalue weighted by molar-refractivity contribution is 0.0904. The molecule has 1 heterocycles. The van der Waals surface area contributed by atoms with Crippen LogP contribution in [0.15, 0.2) is 16.5 Å². The fourth-order valence-corrected chi connectivity index (χ4v) is 2.24. The quantitative estimate of drug-likeness (QED) is 0.643. The molecule has 1 aromatic rings.